The average Bonchev–Trinajstić information content (AvgIpc) is 2.93. The molecule has 2 unspecified atom stereocenters. The molecular formula is C14H19ClN2O. The molecule has 2 aliphatic heterocycles. The van der Waals surface area contributed by atoms with E-state index in [1.807, 2.05) is 18.2 Å². The lowest BCUT2D eigenvalue weighted by molar-refractivity contribution is 0.208. The van der Waals surface area contributed by atoms with Crippen molar-refractivity contribution in [1.82, 2.24) is 10.6 Å². The second-order valence-corrected chi connectivity index (χ2v) is 6.00. The van der Waals surface area contributed by atoms with E-state index in [2.05, 4.69) is 17.6 Å². The lowest BCUT2D eigenvalue weighted by atomic mass is 10.0. The smallest absolute Gasteiger partial charge is 0.123 e. The van der Waals surface area contributed by atoms with Gasteiger partial charge in [-0.15, -0.1) is 0 Å². The molecule has 1 aromatic rings. The Kier molecular flexibility index (Phi) is 3.22. The predicted molar refractivity (Wildman–Crippen MR) is 73.5 cm³/mol. The van der Waals surface area contributed by atoms with Crippen LogP contribution in [0.2, 0.25) is 5.02 Å². The third kappa shape index (κ3) is 2.48. The second-order valence-electron chi connectivity index (χ2n) is 5.56. The number of benzene rings is 1. The highest BCUT2D eigenvalue weighted by atomic mass is 35.5. The summed E-state index contributed by atoms with van der Waals surface area (Å²) in [5.41, 5.74) is 1.44. The summed E-state index contributed by atoms with van der Waals surface area (Å²) in [6, 6.07) is 5.87. The van der Waals surface area contributed by atoms with Crippen LogP contribution < -0.4 is 15.4 Å². The fraction of sp³-hybridized carbons (Fsp3) is 0.571. The van der Waals surface area contributed by atoms with E-state index in [-0.39, 0.29) is 11.6 Å². The summed E-state index contributed by atoms with van der Waals surface area (Å²) >= 11 is 5.99. The molecular weight excluding hydrogens is 248 g/mol. The minimum Gasteiger partial charge on any atom is -0.488 e. The fourth-order valence-corrected chi connectivity index (χ4v) is 2.93. The largest absolute Gasteiger partial charge is 0.488 e. The molecule has 1 aromatic carbocycles. The molecule has 0 radical (unpaired) electrons. The molecule has 0 spiro atoms. The lowest BCUT2D eigenvalue weighted by Gasteiger charge is -2.26. The Labute approximate surface area is 113 Å². The molecule has 3 rings (SSSR count). The van der Waals surface area contributed by atoms with Crippen molar-refractivity contribution in [1.29, 1.82) is 0 Å². The van der Waals surface area contributed by atoms with E-state index in [0.717, 1.165) is 36.8 Å². The van der Waals surface area contributed by atoms with Crippen LogP contribution in [0.15, 0.2) is 18.2 Å². The first-order chi connectivity index (χ1) is 8.65. The Morgan fingerprint density at radius 2 is 2.44 bits per heavy atom. The highest BCUT2D eigenvalue weighted by molar-refractivity contribution is 6.30. The SMILES string of the molecule is CC1(NCC2Cc3cc(Cl)ccc3O2)CCNC1. The average molecular weight is 267 g/mol. The summed E-state index contributed by atoms with van der Waals surface area (Å²) in [5, 5.41) is 7.81. The van der Waals surface area contributed by atoms with Gasteiger partial charge in [-0.3, -0.25) is 0 Å². The summed E-state index contributed by atoms with van der Waals surface area (Å²) in [7, 11) is 0. The highest BCUT2D eigenvalue weighted by Gasteiger charge is 2.30. The van der Waals surface area contributed by atoms with E-state index in [1.165, 1.54) is 12.0 Å². The van der Waals surface area contributed by atoms with Gasteiger partial charge in [-0.2, -0.15) is 0 Å². The standard InChI is InChI=1S/C14H19ClN2O/c1-14(4-5-16-9-14)17-8-12-7-10-6-11(15)2-3-13(10)18-12/h2-3,6,12,16-17H,4-5,7-9H2,1H3. The summed E-state index contributed by atoms with van der Waals surface area (Å²) in [4.78, 5) is 0. The zero-order valence-corrected chi connectivity index (χ0v) is 11.4. The summed E-state index contributed by atoms with van der Waals surface area (Å²) in [6.45, 7) is 5.31. The molecule has 0 bridgehead atoms. The monoisotopic (exact) mass is 266 g/mol. The van der Waals surface area contributed by atoms with Gasteiger partial charge in [0.05, 0.1) is 0 Å². The van der Waals surface area contributed by atoms with Gasteiger partial charge in [0.25, 0.3) is 0 Å². The van der Waals surface area contributed by atoms with Crippen LogP contribution >= 0.6 is 11.6 Å². The van der Waals surface area contributed by atoms with Crippen LogP contribution in [0.4, 0.5) is 0 Å². The van der Waals surface area contributed by atoms with Gasteiger partial charge >= 0.3 is 0 Å². The Balaban J connectivity index is 1.58. The van der Waals surface area contributed by atoms with Crippen molar-refractivity contribution in [2.45, 2.75) is 31.4 Å². The van der Waals surface area contributed by atoms with Crippen LogP contribution in [0.25, 0.3) is 0 Å². The summed E-state index contributed by atoms with van der Waals surface area (Å²) < 4.78 is 5.93. The zero-order chi connectivity index (χ0) is 12.6. The van der Waals surface area contributed by atoms with Crippen LogP contribution in [0.1, 0.15) is 18.9 Å². The van der Waals surface area contributed by atoms with E-state index in [0.29, 0.717) is 0 Å². The first-order valence-electron chi connectivity index (χ1n) is 6.55. The van der Waals surface area contributed by atoms with Gasteiger partial charge in [0.15, 0.2) is 0 Å². The minimum absolute atomic E-state index is 0.218. The number of hydrogen-bond acceptors (Lipinski definition) is 3. The quantitative estimate of drug-likeness (QED) is 0.878. The molecule has 0 saturated carbocycles. The van der Waals surface area contributed by atoms with Crippen LogP contribution in [-0.4, -0.2) is 31.3 Å². The number of nitrogens with one attached hydrogen (secondary N) is 2. The minimum atomic E-state index is 0.218. The maximum Gasteiger partial charge on any atom is 0.123 e. The maximum absolute atomic E-state index is 5.99. The van der Waals surface area contributed by atoms with Crippen LogP contribution in [0.5, 0.6) is 5.75 Å². The van der Waals surface area contributed by atoms with Crippen molar-refractivity contribution in [3.8, 4) is 5.75 Å². The molecule has 3 nitrogen and oxygen atoms in total. The second kappa shape index (κ2) is 4.72. The van der Waals surface area contributed by atoms with Crippen molar-refractivity contribution in [2.24, 2.45) is 0 Å². The van der Waals surface area contributed by atoms with Crippen molar-refractivity contribution < 1.29 is 4.74 Å². The van der Waals surface area contributed by atoms with Crippen molar-refractivity contribution in [3.63, 3.8) is 0 Å². The first kappa shape index (κ1) is 12.3. The maximum atomic E-state index is 5.99. The van der Waals surface area contributed by atoms with E-state index >= 15 is 0 Å². The molecule has 0 aliphatic carbocycles. The molecule has 0 aromatic heterocycles. The summed E-state index contributed by atoms with van der Waals surface area (Å²) in [6.07, 6.45) is 2.36. The number of fused-ring (bicyclic) bond motifs is 1. The molecule has 2 aliphatic rings. The van der Waals surface area contributed by atoms with Gasteiger partial charge in [0, 0.05) is 30.1 Å². The Morgan fingerprint density at radius 1 is 1.56 bits per heavy atom. The lowest BCUT2D eigenvalue weighted by Crippen LogP contribution is -2.48. The third-order valence-electron chi connectivity index (χ3n) is 3.89. The van der Waals surface area contributed by atoms with Crippen molar-refractivity contribution in [3.05, 3.63) is 28.8 Å². The molecule has 98 valence electrons. The number of rotatable bonds is 3. The molecule has 0 amide bonds. The van der Waals surface area contributed by atoms with E-state index < -0.39 is 0 Å². The van der Waals surface area contributed by atoms with Gasteiger partial charge in [-0.25, -0.2) is 0 Å². The fourth-order valence-electron chi connectivity index (χ4n) is 2.73. The molecule has 18 heavy (non-hydrogen) atoms. The zero-order valence-electron chi connectivity index (χ0n) is 10.6. The molecule has 2 heterocycles. The highest BCUT2D eigenvalue weighted by Crippen LogP contribution is 2.31. The molecule has 2 atom stereocenters. The third-order valence-corrected chi connectivity index (χ3v) is 4.12. The summed E-state index contributed by atoms with van der Waals surface area (Å²) in [5.74, 6) is 0.987. The van der Waals surface area contributed by atoms with Crippen molar-refractivity contribution >= 4 is 11.6 Å². The number of halogens is 1. The van der Waals surface area contributed by atoms with Gasteiger partial charge < -0.3 is 15.4 Å². The molecule has 2 N–H and O–H groups in total. The van der Waals surface area contributed by atoms with Crippen LogP contribution in [-0.2, 0) is 6.42 Å². The van der Waals surface area contributed by atoms with Crippen LogP contribution in [0.3, 0.4) is 0 Å². The Hall–Kier alpha value is -0.770. The van der Waals surface area contributed by atoms with Crippen molar-refractivity contribution in [2.75, 3.05) is 19.6 Å². The van der Waals surface area contributed by atoms with Gasteiger partial charge in [-0.1, -0.05) is 11.6 Å². The Morgan fingerprint density at radius 3 is 3.22 bits per heavy atom. The van der Waals surface area contributed by atoms with E-state index in [4.69, 9.17) is 16.3 Å². The van der Waals surface area contributed by atoms with Gasteiger partial charge in [-0.05, 0) is 43.7 Å². The van der Waals surface area contributed by atoms with Crippen LogP contribution in [0, 0.1) is 0 Å². The Bertz CT molecular complexity index is 443. The number of hydrogen-bond donors (Lipinski definition) is 2. The van der Waals surface area contributed by atoms with E-state index in [9.17, 15) is 0 Å². The normalized spacial score (nSPS) is 30.2. The number of ether oxygens (including phenoxy) is 1. The molecule has 1 fully saturated rings. The van der Waals surface area contributed by atoms with Gasteiger partial charge in [0.2, 0.25) is 0 Å². The van der Waals surface area contributed by atoms with Gasteiger partial charge in [0.1, 0.15) is 11.9 Å². The predicted octanol–water partition coefficient (Wildman–Crippen LogP) is 1.99. The first-order valence-corrected chi connectivity index (χ1v) is 6.93. The topological polar surface area (TPSA) is 33.3 Å². The van der Waals surface area contributed by atoms with E-state index in [1.54, 1.807) is 0 Å². The molecule has 4 heteroatoms. The molecule has 1 saturated heterocycles.